The summed E-state index contributed by atoms with van der Waals surface area (Å²) < 4.78 is 0. The summed E-state index contributed by atoms with van der Waals surface area (Å²) in [6.45, 7) is 2.04. The van der Waals surface area contributed by atoms with E-state index in [1.807, 2.05) is 6.92 Å². The lowest BCUT2D eigenvalue weighted by atomic mass is 9.88. The van der Waals surface area contributed by atoms with Gasteiger partial charge in [-0.3, -0.25) is 0 Å². The standard InChI is InChI=1S/C17H18N4/c1-11-9-14-16(20-11)18-10-19-17(14)21-15-8-4-6-12-5-2-3-7-13(12)15/h2-3,5,7,9-10,15H,4,6,8H2,1H3,(H2,18,19,20,21)/t15-/m1/s1. The van der Waals surface area contributed by atoms with E-state index in [0.717, 1.165) is 29.0 Å². The lowest BCUT2D eigenvalue weighted by Gasteiger charge is -2.26. The molecule has 21 heavy (non-hydrogen) atoms. The summed E-state index contributed by atoms with van der Waals surface area (Å²) in [5, 5.41) is 4.69. The summed E-state index contributed by atoms with van der Waals surface area (Å²) in [7, 11) is 0. The summed E-state index contributed by atoms with van der Waals surface area (Å²) >= 11 is 0. The molecule has 2 heterocycles. The van der Waals surface area contributed by atoms with Crippen LogP contribution in [-0.4, -0.2) is 15.0 Å². The van der Waals surface area contributed by atoms with E-state index in [1.54, 1.807) is 6.33 Å². The number of benzene rings is 1. The summed E-state index contributed by atoms with van der Waals surface area (Å²) in [6.07, 6.45) is 5.16. The minimum atomic E-state index is 0.336. The van der Waals surface area contributed by atoms with Gasteiger partial charge < -0.3 is 10.3 Å². The molecule has 0 fully saturated rings. The van der Waals surface area contributed by atoms with Crippen LogP contribution in [0.5, 0.6) is 0 Å². The van der Waals surface area contributed by atoms with Gasteiger partial charge in [-0.15, -0.1) is 0 Å². The van der Waals surface area contributed by atoms with E-state index >= 15 is 0 Å². The Balaban J connectivity index is 1.73. The van der Waals surface area contributed by atoms with Gasteiger partial charge in [-0.1, -0.05) is 24.3 Å². The molecule has 0 bridgehead atoms. The number of fused-ring (bicyclic) bond motifs is 2. The number of aryl methyl sites for hydroxylation is 2. The van der Waals surface area contributed by atoms with Crippen LogP contribution < -0.4 is 5.32 Å². The lowest BCUT2D eigenvalue weighted by Crippen LogP contribution is -2.18. The number of nitrogens with zero attached hydrogens (tertiary/aromatic N) is 2. The Morgan fingerprint density at radius 1 is 1.24 bits per heavy atom. The second kappa shape index (κ2) is 4.88. The number of anilines is 1. The Morgan fingerprint density at radius 3 is 3.10 bits per heavy atom. The number of nitrogens with one attached hydrogen (secondary N) is 2. The van der Waals surface area contributed by atoms with Crippen LogP contribution in [0.3, 0.4) is 0 Å². The van der Waals surface area contributed by atoms with E-state index in [9.17, 15) is 0 Å². The van der Waals surface area contributed by atoms with Gasteiger partial charge in [-0.25, -0.2) is 9.97 Å². The lowest BCUT2D eigenvalue weighted by molar-refractivity contribution is 0.599. The largest absolute Gasteiger partial charge is 0.363 e. The van der Waals surface area contributed by atoms with Crippen LogP contribution in [0, 0.1) is 6.92 Å². The maximum Gasteiger partial charge on any atom is 0.143 e. The zero-order valence-electron chi connectivity index (χ0n) is 12.1. The van der Waals surface area contributed by atoms with Gasteiger partial charge in [0.25, 0.3) is 0 Å². The SMILES string of the molecule is Cc1cc2c(N[C@@H]3CCCc4ccccc43)ncnc2[nH]1. The first-order chi connectivity index (χ1) is 10.3. The Hall–Kier alpha value is -2.36. The molecule has 0 unspecified atom stereocenters. The molecule has 3 aromatic rings. The minimum absolute atomic E-state index is 0.336. The fourth-order valence-corrected chi connectivity index (χ4v) is 3.26. The van der Waals surface area contributed by atoms with Gasteiger partial charge in [0.05, 0.1) is 11.4 Å². The molecular formula is C17H18N4. The van der Waals surface area contributed by atoms with E-state index < -0.39 is 0 Å². The monoisotopic (exact) mass is 278 g/mol. The maximum absolute atomic E-state index is 4.45. The second-order valence-corrected chi connectivity index (χ2v) is 5.72. The molecule has 4 nitrogen and oxygen atoms in total. The molecule has 1 atom stereocenters. The molecule has 1 aliphatic carbocycles. The Kier molecular flexibility index (Phi) is 2.88. The van der Waals surface area contributed by atoms with Crippen molar-refractivity contribution in [2.45, 2.75) is 32.2 Å². The van der Waals surface area contributed by atoms with Crippen molar-refractivity contribution in [2.24, 2.45) is 0 Å². The first-order valence-corrected chi connectivity index (χ1v) is 7.46. The van der Waals surface area contributed by atoms with Crippen molar-refractivity contribution in [3.63, 3.8) is 0 Å². The van der Waals surface area contributed by atoms with Crippen molar-refractivity contribution in [1.29, 1.82) is 0 Å². The van der Waals surface area contributed by atoms with E-state index in [1.165, 1.54) is 24.0 Å². The molecule has 4 rings (SSSR count). The van der Waals surface area contributed by atoms with Crippen molar-refractivity contribution in [3.05, 3.63) is 53.5 Å². The average Bonchev–Trinajstić information content (AvgIpc) is 2.89. The van der Waals surface area contributed by atoms with E-state index in [-0.39, 0.29) is 0 Å². The molecule has 0 aliphatic heterocycles. The highest BCUT2D eigenvalue weighted by molar-refractivity contribution is 5.87. The van der Waals surface area contributed by atoms with Crippen LogP contribution in [0.4, 0.5) is 5.82 Å². The number of aromatic amines is 1. The molecular weight excluding hydrogens is 260 g/mol. The third kappa shape index (κ3) is 2.17. The van der Waals surface area contributed by atoms with Gasteiger partial charge in [0.1, 0.15) is 17.8 Å². The molecule has 0 saturated carbocycles. The van der Waals surface area contributed by atoms with Crippen molar-refractivity contribution in [1.82, 2.24) is 15.0 Å². The first-order valence-electron chi connectivity index (χ1n) is 7.46. The second-order valence-electron chi connectivity index (χ2n) is 5.72. The molecule has 0 saturated heterocycles. The normalized spacial score (nSPS) is 17.7. The van der Waals surface area contributed by atoms with Gasteiger partial charge in [-0.2, -0.15) is 0 Å². The summed E-state index contributed by atoms with van der Waals surface area (Å²) in [5.41, 5.74) is 4.87. The highest BCUT2D eigenvalue weighted by Gasteiger charge is 2.20. The van der Waals surface area contributed by atoms with Crippen molar-refractivity contribution in [3.8, 4) is 0 Å². The zero-order chi connectivity index (χ0) is 14.2. The molecule has 0 amide bonds. The topological polar surface area (TPSA) is 53.6 Å². The van der Waals surface area contributed by atoms with Crippen LogP contribution in [0.1, 0.15) is 35.7 Å². The average molecular weight is 278 g/mol. The van der Waals surface area contributed by atoms with Crippen LogP contribution in [0.25, 0.3) is 11.0 Å². The molecule has 1 aromatic carbocycles. The number of H-pyrrole nitrogens is 1. The van der Waals surface area contributed by atoms with E-state index in [2.05, 4.69) is 50.6 Å². The molecule has 2 N–H and O–H groups in total. The predicted octanol–water partition coefficient (Wildman–Crippen LogP) is 3.76. The molecule has 0 radical (unpaired) electrons. The van der Waals surface area contributed by atoms with Crippen LogP contribution in [-0.2, 0) is 6.42 Å². The Labute approximate surface area is 123 Å². The number of aromatic nitrogens is 3. The summed E-state index contributed by atoms with van der Waals surface area (Å²) in [6, 6.07) is 11.1. The molecule has 4 heteroatoms. The van der Waals surface area contributed by atoms with Gasteiger partial charge >= 0.3 is 0 Å². The van der Waals surface area contributed by atoms with Gasteiger partial charge in [-0.05, 0) is 43.4 Å². The minimum Gasteiger partial charge on any atom is -0.363 e. The smallest absolute Gasteiger partial charge is 0.143 e. The van der Waals surface area contributed by atoms with Gasteiger partial charge in [0, 0.05) is 5.69 Å². The fourth-order valence-electron chi connectivity index (χ4n) is 3.26. The van der Waals surface area contributed by atoms with Crippen LogP contribution in [0.2, 0.25) is 0 Å². The number of hydrogen-bond acceptors (Lipinski definition) is 3. The Morgan fingerprint density at radius 2 is 2.14 bits per heavy atom. The Bertz CT molecular complexity index is 790. The molecule has 2 aromatic heterocycles. The van der Waals surface area contributed by atoms with Gasteiger partial charge in [0.2, 0.25) is 0 Å². The first kappa shape index (κ1) is 12.4. The number of rotatable bonds is 2. The highest BCUT2D eigenvalue weighted by Crippen LogP contribution is 2.33. The van der Waals surface area contributed by atoms with Crippen molar-refractivity contribution < 1.29 is 0 Å². The van der Waals surface area contributed by atoms with Gasteiger partial charge in [0.15, 0.2) is 0 Å². The van der Waals surface area contributed by atoms with Crippen molar-refractivity contribution in [2.75, 3.05) is 5.32 Å². The predicted molar refractivity (Wildman–Crippen MR) is 84.4 cm³/mol. The van der Waals surface area contributed by atoms with Crippen molar-refractivity contribution >= 4 is 16.9 Å². The third-order valence-electron chi connectivity index (χ3n) is 4.24. The molecule has 1 aliphatic rings. The van der Waals surface area contributed by atoms with E-state index in [0.29, 0.717) is 6.04 Å². The quantitative estimate of drug-likeness (QED) is 0.750. The molecule has 0 spiro atoms. The highest BCUT2D eigenvalue weighted by atomic mass is 15.1. The zero-order valence-corrected chi connectivity index (χ0v) is 12.1. The van der Waals surface area contributed by atoms with Crippen LogP contribution >= 0.6 is 0 Å². The number of hydrogen-bond donors (Lipinski definition) is 2. The van der Waals surface area contributed by atoms with E-state index in [4.69, 9.17) is 0 Å². The summed E-state index contributed by atoms with van der Waals surface area (Å²) in [4.78, 5) is 12.0. The third-order valence-corrected chi connectivity index (χ3v) is 4.24. The maximum atomic E-state index is 4.45. The summed E-state index contributed by atoms with van der Waals surface area (Å²) in [5.74, 6) is 0.922. The fraction of sp³-hybridized carbons (Fsp3) is 0.294. The van der Waals surface area contributed by atoms with Crippen LogP contribution in [0.15, 0.2) is 36.7 Å². The molecule has 106 valence electrons.